The first kappa shape index (κ1) is 13.1. The fourth-order valence-corrected chi connectivity index (χ4v) is 2.19. The molecule has 1 aromatic heterocycles. The molecule has 1 aromatic rings. The van der Waals surface area contributed by atoms with E-state index in [-0.39, 0.29) is 6.61 Å². The van der Waals surface area contributed by atoms with Gasteiger partial charge >= 0.3 is 0 Å². The number of ether oxygens (including phenoxy) is 1. The van der Waals surface area contributed by atoms with E-state index >= 15 is 0 Å². The summed E-state index contributed by atoms with van der Waals surface area (Å²) < 4.78 is 5.75. The third-order valence-electron chi connectivity index (χ3n) is 3.34. The van der Waals surface area contributed by atoms with Crippen LogP contribution >= 0.6 is 0 Å². The molecule has 1 N–H and O–H groups in total. The first-order valence-electron chi connectivity index (χ1n) is 6.82. The van der Waals surface area contributed by atoms with Gasteiger partial charge in [-0.1, -0.05) is 6.92 Å². The largest absolute Gasteiger partial charge is 0.490 e. The van der Waals surface area contributed by atoms with E-state index in [1.165, 1.54) is 19.3 Å². The molecule has 1 aliphatic rings. The highest BCUT2D eigenvalue weighted by Gasteiger charge is 2.27. The molecule has 0 aromatic carbocycles. The Kier molecular flexibility index (Phi) is 4.81. The first-order valence-corrected chi connectivity index (χ1v) is 6.82. The van der Waals surface area contributed by atoms with Crippen molar-refractivity contribution in [2.75, 3.05) is 24.7 Å². The maximum absolute atomic E-state index is 9.22. The van der Waals surface area contributed by atoms with Gasteiger partial charge in [-0.15, -0.1) is 0 Å². The molecule has 0 unspecified atom stereocenters. The molecule has 0 amide bonds. The molecular weight excluding hydrogens is 228 g/mol. The molecule has 0 aliphatic heterocycles. The normalized spacial score (nSPS) is 15.2. The lowest BCUT2D eigenvalue weighted by atomic mass is 9.91. The highest BCUT2D eigenvalue weighted by molar-refractivity contribution is 5.53. The van der Waals surface area contributed by atoms with Crippen molar-refractivity contribution in [3.05, 3.63) is 18.3 Å². The summed E-state index contributed by atoms with van der Waals surface area (Å²) in [5.74, 6) is 1.71. The Morgan fingerprint density at radius 3 is 2.94 bits per heavy atom. The predicted molar refractivity (Wildman–Crippen MR) is 72.1 cm³/mol. The van der Waals surface area contributed by atoms with Crippen molar-refractivity contribution in [2.24, 2.45) is 0 Å². The minimum Gasteiger partial charge on any atom is -0.490 e. The molecular formula is C14H22N2O2. The van der Waals surface area contributed by atoms with Crippen LogP contribution in [-0.4, -0.2) is 35.9 Å². The number of aliphatic hydroxyl groups excluding tert-OH is 1. The molecule has 1 saturated carbocycles. The lowest BCUT2D eigenvalue weighted by Gasteiger charge is -2.38. The Morgan fingerprint density at radius 2 is 2.33 bits per heavy atom. The van der Waals surface area contributed by atoms with Crippen LogP contribution in [0.3, 0.4) is 0 Å². The summed E-state index contributed by atoms with van der Waals surface area (Å²) in [6.07, 6.45) is 6.41. The Morgan fingerprint density at radius 1 is 1.50 bits per heavy atom. The standard InChI is InChI=1S/C14H22N2O2/c1-2-11-18-13-7-4-8-15-14(13)16(9-10-17)12-5-3-6-12/h4,7-8,12,17H,2-3,5-6,9-11H2,1H3. The van der Waals surface area contributed by atoms with Crippen LogP contribution in [0.5, 0.6) is 5.75 Å². The Hall–Kier alpha value is -1.29. The van der Waals surface area contributed by atoms with Crippen LogP contribution in [0.15, 0.2) is 18.3 Å². The molecule has 2 rings (SSSR count). The minimum absolute atomic E-state index is 0.153. The predicted octanol–water partition coefficient (Wildman–Crippen LogP) is 2.22. The van der Waals surface area contributed by atoms with E-state index in [4.69, 9.17) is 4.74 Å². The molecule has 0 bridgehead atoms. The Labute approximate surface area is 109 Å². The van der Waals surface area contributed by atoms with Crippen molar-refractivity contribution < 1.29 is 9.84 Å². The summed E-state index contributed by atoms with van der Waals surface area (Å²) in [5.41, 5.74) is 0. The minimum atomic E-state index is 0.153. The second-order valence-electron chi connectivity index (χ2n) is 4.68. The van der Waals surface area contributed by atoms with Crippen molar-refractivity contribution in [1.29, 1.82) is 0 Å². The average molecular weight is 250 g/mol. The van der Waals surface area contributed by atoms with Crippen molar-refractivity contribution in [1.82, 2.24) is 4.98 Å². The van der Waals surface area contributed by atoms with Gasteiger partial charge < -0.3 is 14.7 Å². The fraction of sp³-hybridized carbons (Fsp3) is 0.643. The fourth-order valence-electron chi connectivity index (χ4n) is 2.19. The molecule has 0 radical (unpaired) electrons. The van der Waals surface area contributed by atoms with Crippen molar-refractivity contribution in [3.63, 3.8) is 0 Å². The van der Waals surface area contributed by atoms with Gasteiger partial charge in [0, 0.05) is 18.8 Å². The van der Waals surface area contributed by atoms with Crippen LogP contribution in [-0.2, 0) is 0 Å². The van der Waals surface area contributed by atoms with Crippen LogP contribution in [0.1, 0.15) is 32.6 Å². The third-order valence-corrected chi connectivity index (χ3v) is 3.34. The second-order valence-corrected chi connectivity index (χ2v) is 4.68. The summed E-state index contributed by atoms with van der Waals surface area (Å²) in [6, 6.07) is 4.36. The van der Waals surface area contributed by atoms with Gasteiger partial charge in [-0.3, -0.25) is 0 Å². The van der Waals surface area contributed by atoms with E-state index in [0.717, 1.165) is 18.0 Å². The molecule has 1 aliphatic carbocycles. The summed E-state index contributed by atoms with van der Waals surface area (Å²) in [7, 11) is 0. The van der Waals surface area contributed by atoms with Crippen LogP contribution in [0.4, 0.5) is 5.82 Å². The molecule has 4 heteroatoms. The SMILES string of the molecule is CCCOc1cccnc1N(CCO)C1CCC1. The van der Waals surface area contributed by atoms with Crippen molar-refractivity contribution in [3.8, 4) is 5.75 Å². The third kappa shape index (κ3) is 2.93. The van der Waals surface area contributed by atoms with E-state index < -0.39 is 0 Å². The summed E-state index contributed by atoms with van der Waals surface area (Å²) in [4.78, 5) is 6.63. The zero-order valence-corrected chi connectivity index (χ0v) is 11.0. The van der Waals surface area contributed by atoms with Gasteiger partial charge in [0.05, 0.1) is 13.2 Å². The van der Waals surface area contributed by atoms with E-state index in [9.17, 15) is 5.11 Å². The van der Waals surface area contributed by atoms with Crippen LogP contribution in [0.2, 0.25) is 0 Å². The summed E-state index contributed by atoms with van der Waals surface area (Å²) >= 11 is 0. The topological polar surface area (TPSA) is 45.6 Å². The first-order chi connectivity index (χ1) is 8.86. The Bertz CT molecular complexity index is 367. The molecule has 0 spiro atoms. The van der Waals surface area contributed by atoms with Gasteiger partial charge in [-0.05, 0) is 37.8 Å². The van der Waals surface area contributed by atoms with Gasteiger partial charge in [0.2, 0.25) is 0 Å². The van der Waals surface area contributed by atoms with Gasteiger partial charge in [0.1, 0.15) is 0 Å². The molecule has 1 heterocycles. The highest BCUT2D eigenvalue weighted by Crippen LogP contribution is 2.33. The zero-order chi connectivity index (χ0) is 12.8. The van der Waals surface area contributed by atoms with Gasteiger partial charge in [-0.25, -0.2) is 4.98 Å². The summed E-state index contributed by atoms with van der Waals surface area (Å²) in [5, 5.41) is 9.22. The number of nitrogens with zero attached hydrogens (tertiary/aromatic N) is 2. The molecule has 0 saturated heterocycles. The molecule has 100 valence electrons. The van der Waals surface area contributed by atoms with Crippen molar-refractivity contribution >= 4 is 5.82 Å². The maximum atomic E-state index is 9.22. The molecule has 0 atom stereocenters. The van der Waals surface area contributed by atoms with Crippen LogP contribution < -0.4 is 9.64 Å². The molecule has 18 heavy (non-hydrogen) atoms. The van der Waals surface area contributed by atoms with Crippen LogP contribution in [0, 0.1) is 0 Å². The van der Waals surface area contributed by atoms with Gasteiger partial charge in [0.15, 0.2) is 11.6 Å². The second kappa shape index (κ2) is 6.59. The number of pyridine rings is 1. The van der Waals surface area contributed by atoms with Gasteiger partial charge in [0.25, 0.3) is 0 Å². The van der Waals surface area contributed by atoms with E-state index in [2.05, 4.69) is 16.8 Å². The van der Waals surface area contributed by atoms with Crippen LogP contribution in [0.25, 0.3) is 0 Å². The summed E-state index contributed by atoms with van der Waals surface area (Å²) in [6.45, 7) is 3.58. The maximum Gasteiger partial charge on any atom is 0.171 e. The number of aliphatic hydroxyl groups is 1. The monoisotopic (exact) mass is 250 g/mol. The molecule has 4 nitrogen and oxygen atoms in total. The lowest BCUT2D eigenvalue weighted by molar-refractivity contribution is 0.278. The van der Waals surface area contributed by atoms with Crippen molar-refractivity contribution in [2.45, 2.75) is 38.6 Å². The average Bonchev–Trinajstić information content (AvgIpc) is 2.34. The van der Waals surface area contributed by atoms with E-state index in [1.54, 1.807) is 6.20 Å². The lowest BCUT2D eigenvalue weighted by Crippen LogP contribution is -2.42. The zero-order valence-electron chi connectivity index (χ0n) is 11.0. The number of aromatic nitrogens is 1. The van der Waals surface area contributed by atoms with E-state index in [0.29, 0.717) is 19.2 Å². The Balaban J connectivity index is 2.16. The molecule has 1 fully saturated rings. The number of hydrogen-bond donors (Lipinski definition) is 1. The highest BCUT2D eigenvalue weighted by atomic mass is 16.5. The number of anilines is 1. The smallest absolute Gasteiger partial charge is 0.171 e. The number of rotatable bonds is 7. The van der Waals surface area contributed by atoms with Gasteiger partial charge in [-0.2, -0.15) is 0 Å². The number of hydrogen-bond acceptors (Lipinski definition) is 4. The van der Waals surface area contributed by atoms with E-state index in [1.807, 2.05) is 12.1 Å². The quantitative estimate of drug-likeness (QED) is 0.806.